The number of ether oxygens (including phenoxy) is 1. The van der Waals surface area contributed by atoms with Crippen molar-refractivity contribution in [2.24, 2.45) is 0 Å². The lowest BCUT2D eigenvalue weighted by Crippen LogP contribution is -2.20. The number of allylic oxidation sites excluding steroid dienone is 4. The molecule has 0 saturated carbocycles. The first kappa shape index (κ1) is 23.1. The topological polar surface area (TPSA) is 47.9 Å². The van der Waals surface area contributed by atoms with Crippen molar-refractivity contribution in [2.45, 2.75) is 31.6 Å². The average Bonchev–Trinajstić information content (AvgIpc) is 3.50. The van der Waals surface area contributed by atoms with E-state index in [1.165, 1.54) is 27.8 Å². The summed E-state index contributed by atoms with van der Waals surface area (Å²) in [6.45, 7) is 4.62. The van der Waals surface area contributed by atoms with Gasteiger partial charge >= 0.3 is 0 Å². The quantitative estimate of drug-likeness (QED) is 0.241. The van der Waals surface area contributed by atoms with Gasteiger partial charge in [-0.2, -0.15) is 0 Å². The van der Waals surface area contributed by atoms with E-state index in [2.05, 4.69) is 62.4 Å². The van der Waals surface area contributed by atoms with E-state index in [-0.39, 0.29) is 11.3 Å². The Morgan fingerprint density at radius 2 is 1.27 bits per heavy atom. The van der Waals surface area contributed by atoms with Crippen LogP contribution in [0.4, 0.5) is 0 Å². The van der Waals surface area contributed by atoms with Gasteiger partial charge in [-0.1, -0.05) is 111 Å². The second-order valence-electron chi connectivity index (χ2n) is 11.2. The highest BCUT2D eigenvalue weighted by molar-refractivity contribution is 5.92. The van der Waals surface area contributed by atoms with Gasteiger partial charge in [0.1, 0.15) is 11.5 Å². The van der Waals surface area contributed by atoms with Crippen LogP contribution < -0.4 is 4.74 Å². The second-order valence-corrected chi connectivity index (χ2v) is 11.2. The molecule has 1 atom stereocenters. The van der Waals surface area contributed by atoms with E-state index in [1.807, 2.05) is 60.7 Å². The minimum absolute atomic E-state index is 0.217. The number of hydrogen-bond acceptors (Lipinski definition) is 4. The number of nitrogens with zero attached hydrogens (tertiary/aromatic N) is 3. The minimum Gasteiger partial charge on any atom is -0.460 e. The van der Waals surface area contributed by atoms with E-state index in [4.69, 9.17) is 19.7 Å². The maximum Gasteiger partial charge on any atom is 0.164 e. The summed E-state index contributed by atoms with van der Waals surface area (Å²) < 4.78 is 6.54. The second kappa shape index (κ2) is 8.59. The highest BCUT2D eigenvalue weighted by atomic mass is 16.5. The zero-order valence-electron chi connectivity index (χ0n) is 22.4. The highest BCUT2D eigenvalue weighted by Gasteiger charge is 2.46. The zero-order valence-corrected chi connectivity index (χ0v) is 22.4. The number of aromatic nitrogens is 3. The first-order valence-corrected chi connectivity index (χ1v) is 13.8. The first-order chi connectivity index (χ1) is 19.6. The molecule has 40 heavy (non-hydrogen) atoms. The monoisotopic (exact) mass is 517 g/mol. The minimum atomic E-state index is -0.217. The predicted octanol–water partition coefficient (Wildman–Crippen LogP) is 8.38. The summed E-state index contributed by atoms with van der Waals surface area (Å²) in [5.74, 6) is 4.41. The van der Waals surface area contributed by atoms with Crippen LogP contribution in [0.2, 0.25) is 0 Å². The Kier molecular flexibility index (Phi) is 4.96. The van der Waals surface area contributed by atoms with Gasteiger partial charge in [0.15, 0.2) is 17.5 Å². The Balaban J connectivity index is 1.27. The zero-order chi connectivity index (χ0) is 26.8. The fourth-order valence-electron chi connectivity index (χ4n) is 6.52. The molecule has 0 radical (unpaired) electrons. The number of benzene rings is 4. The molecule has 2 heterocycles. The Bertz CT molecular complexity index is 1810. The van der Waals surface area contributed by atoms with Crippen molar-refractivity contribution in [1.82, 2.24) is 15.0 Å². The molecule has 3 aliphatic rings. The summed E-state index contributed by atoms with van der Waals surface area (Å²) >= 11 is 0. The van der Waals surface area contributed by atoms with Crippen LogP contribution in [-0.4, -0.2) is 15.0 Å². The van der Waals surface area contributed by atoms with Gasteiger partial charge in [-0.15, -0.1) is 0 Å². The molecule has 4 heteroatoms. The summed E-state index contributed by atoms with van der Waals surface area (Å²) in [6, 6.07) is 35.4. The van der Waals surface area contributed by atoms with E-state index in [0.717, 1.165) is 34.6 Å². The van der Waals surface area contributed by atoms with Crippen molar-refractivity contribution in [2.75, 3.05) is 0 Å². The van der Waals surface area contributed by atoms with Crippen LogP contribution in [0.15, 0.2) is 121 Å². The van der Waals surface area contributed by atoms with Crippen LogP contribution in [0.3, 0.4) is 0 Å². The van der Waals surface area contributed by atoms with Crippen molar-refractivity contribution in [3.63, 3.8) is 0 Å². The van der Waals surface area contributed by atoms with Crippen LogP contribution in [0.1, 0.15) is 42.9 Å². The summed E-state index contributed by atoms with van der Waals surface area (Å²) in [4.78, 5) is 14.8. The van der Waals surface area contributed by atoms with E-state index in [9.17, 15) is 0 Å². The van der Waals surface area contributed by atoms with E-state index in [1.54, 1.807) is 0 Å². The molecule has 0 spiro atoms. The summed E-state index contributed by atoms with van der Waals surface area (Å²) in [6.07, 6.45) is 3.36. The molecule has 2 aliphatic carbocycles. The van der Waals surface area contributed by atoms with Crippen LogP contribution >= 0.6 is 0 Å². The van der Waals surface area contributed by atoms with Gasteiger partial charge in [-0.25, -0.2) is 15.0 Å². The third-order valence-electron chi connectivity index (χ3n) is 8.47. The van der Waals surface area contributed by atoms with Gasteiger partial charge in [0, 0.05) is 39.2 Å². The maximum atomic E-state index is 6.54. The molecule has 1 unspecified atom stereocenters. The number of para-hydroxylation sites is 1. The molecule has 4 aromatic carbocycles. The van der Waals surface area contributed by atoms with E-state index in [0.29, 0.717) is 17.5 Å². The molecule has 192 valence electrons. The van der Waals surface area contributed by atoms with Gasteiger partial charge in [0.05, 0.1) is 0 Å². The van der Waals surface area contributed by atoms with Gasteiger partial charge in [0.2, 0.25) is 0 Å². The number of fused-ring (bicyclic) bond motifs is 6. The van der Waals surface area contributed by atoms with Gasteiger partial charge < -0.3 is 4.74 Å². The van der Waals surface area contributed by atoms with Gasteiger partial charge in [-0.05, 0) is 35.3 Å². The van der Waals surface area contributed by atoms with Crippen molar-refractivity contribution < 1.29 is 4.74 Å². The van der Waals surface area contributed by atoms with Crippen LogP contribution in [0, 0.1) is 0 Å². The lowest BCUT2D eigenvalue weighted by atomic mass is 9.76. The molecular formula is C36H27N3O. The van der Waals surface area contributed by atoms with Crippen molar-refractivity contribution in [3.8, 4) is 39.9 Å². The Morgan fingerprint density at radius 1 is 0.675 bits per heavy atom. The van der Waals surface area contributed by atoms with Crippen molar-refractivity contribution in [3.05, 3.63) is 137 Å². The smallest absolute Gasteiger partial charge is 0.164 e. The number of hydrogen-bond donors (Lipinski definition) is 0. The summed E-state index contributed by atoms with van der Waals surface area (Å²) in [5, 5.41) is 0. The van der Waals surface area contributed by atoms with E-state index >= 15 is 0 Å². The summed E-state index contributed by atoms with van der Waals surface area (Å²) in [7, 11) is 0. The Morgan fingerprint density at radius 3 is 1.95 bits per heavy atom. The number of rotatable bonds is 3. The lowest BCUT2D eigenvalue weighted by Gasteiger charge is -2.27. The molecule has 0 N–H and O–H groups in total. The molecule has 0 fully saturated rings. The molecule has 4 nitrogen and oxygen atoms in total. The van der Waals surface area contributed by atoms with Crippen molar-refractivity contribution >= 4 is 5.57 Å². The first-order valence-electron chi connectivity index (χ1n) is 13.8. The SMILES string of the molecule is CC1(C)C2=C3Oc4ccccc4C3CC=C2c2ccc(-c3nc(-c4ccccc4)nc(-c4ccccc4)n3)cc21. The van der Waals surface area contributed by atoms with Crippen LogP contribution in [-0.2, 0) is 5.41 Å². The molecule has 5 aromatic rings. The van der Waals surface area contributed by atoms with Gasteiger partial charge in [-0.3, -0.25) is 0 Å². The van der Waals surface area contributed by atoms with Crippen molar-refractivity contribution in [1.29, 1.82) is 0 Å². The van der Waals surface area contributed by atoms with Gasteiger partial charge in [0.25, 0.3) is 0 Å². The Labute approximate surface area is 233 Å². The third-order valence-corrected chi connectivity index (χ3v) is 8.47. The third kappa shape index (κ3) is 3.42. The van der Waals surface area contributed by atoms with Crippen LogP contribution in [0.25, 0.3) is 39.7 Å². The average molecular weight is 518 g/mol. The largest absolute Gasteiger partial charge is 0.460 e. The molecule has 0 bridgehead atoms. The molecule has 8 rings (SSSR count). The standard InChI is InChI=1S/C36H27N3O/c1-36(2)29-21-24(17-18-25(29)27-19-20-28-26-15-9-10-16-30(26)40-32(28)31(27)36)35-38-33(22-11-5-3-6-12-22)37-34(39-35)23-13-7-4-8-14-23/h3-19,21,28H,20H2,1-2H3. The maximum absolute atomic E-state index is 6.54. The molecule has 1 aliphatic heterocycles. The molecule has 1 aromatic heterocycles. The van der Waals surface area contributed by atoms with Crippen LogP contribution in [0.5, 0.6) is 5.75 Å². The Hall–Kier alpha value is -4.83. The normalized spacial score (nSPS) is 17.9. The molecular weight excluding hydrogens is 490 g/mol. The lowest BCUT2D eigenvalue weighted by molar-refractivity contribution is 0.408. The molecule has 0 amide bonds. The van der Waals surface area contributed by atoms with E-state index < -0.39 is 0 Å². The predicted molar refractivity (Wildman–Crippen MR) is 159 cm³/mol. The highest BCUT2D eigenvalue weighted by Crippen LogP contribution is 2.58. The summed E-state index contributed by atoms with van der Waals surface area (Å²) in [5.41, 5.74) is 9.16. The molecule has 0 saturated heterocycles. The fraction of sp³-hybridized carbons (Fsp3) is 0.139. The fourth-order valence-corrected chi connectivity index (χ4v) is 6.52.